The Morgan fingerprint density at radius 3 is 2.63 bits per heavy atom. The SMILES string of the molecule is CC(C)(CN1C[C@H]2CC[C@@H]1CN(C(=O)c1ccncc1)C2)N1CCOCC1. The first-order chi connectivity index (χ1) is 13.0. The van der Waals surface area contributed by atoms with Gasteiger partial charge in [-0.15, -0.1) is 0 Å². The van der Waals surface area contributed by atoms with Crippen LogP contribution in [-0.2, 0) is 4.74 Å². The number of piperidine rings is 1. The quantitative estimate of drug-likeness (QED) is 0.806. The minimum Gasteiger partial charge on any atom is -0.379 e. The van der Waals surface area contributed by atoms with E-state index in [9.17, 15) is 4.79 Å². The first-order valence-corrected chi connectivity index (χ1v) is 10.3. The highest BCUT2D eigenvalue weighted by molar-refractivity contribution is 5.94. The Labute approximate surface area is 162 Å². The number of carbonyl (C=O) groups excluding carboxylic acids is 1. The molecule has 2 atom stereocenters. The van der Waals surface area contributed by atoms with Crippen LogP contribution in [0.5, 0.6) is 0 Å². The standard InChI is InChI=1S/C21H32N4O2/c1-21(2,25-9-11-27-12-10-25)16-24-14-17-3-4-19(24)15-23(13-17)20(26)18-5-7-22-8-6-18/h5-8,17,19H,3-4,9-16H2,1-2H3/t17-,19+/m0/s1. The van der Waals surface area contributed by atoms with Gasteiger partial charge in [-0.25, -0.2) is 0 Å². The molecular formula is C21H32N4O2. The van der Waals surface area contributed by atoms with Crippen LogP contribution < -0.4 is 0 Å². The second-order valence-electron chi connectivity index (χ2n) is 8.88. The van der Waals surface area contributed by atoms with Crippen molar-refractivity contribution in [1.82, 2.24) is 19.7 Å². The molecule has 4 fully saturated rings. The summed E-state index contributed by atoms with van der Waals surface area (Å²) in [4.78, 5) is 24.3. The number of morpholine rings is 1. The van der Waals surface area contributed by atoms with Crippen LogP contribution in [0.15, 0.2) is 24.5 Å². The van der Waals surface area contributed by atoms with E-state index in [0.717, 1.165) is 58.0 Å². The number of rotatable bonds is 4. The van der Waals surface area contributed by atoms with Gasteiger partial charge < -0.3 is 9.64 Å². The molecule has 5 heterocycles. The summed E-state index contributed by atoms with van der Waals surface area (Å²) in [6, 6.07) is 4.12. The first-order valence-electron chi connectivity index (χ1n) is 10.3. The molecule has 5 rings (SSSR count). The molecule has 6 nitrogen and oxygen atoms in total. The molecule has 6 heteroatoms. The number of hydrogen-bond acceptors (Lipinski definition) is 5. The molecule has 4 aliphatic rings. The Bertz CT molecular complexity index is 645. The third-order valence-corrected chi connectivity index (χ3v) is 6.50. The number of ether oxygens (including phenoxy) is 1. The van der Waals surface area contributed by atoms with E-state index in [4.69, 9.17) is 4.74 Å². The fourth-order valence-electron chi connectivity index (χ4n) is 4.98. The number of amides is 1. The molecule has 4 aliphatic heterocycles. The molecule has 0 aromatic carbocycles. The summed E-state index contributed by atoms with van der Waals surface area (Å²) in [5.74, 6) is 0.735. The largest absolute Gasteiger partial charge is 0.379 e. The highest BCUT2D eigenvalue weighted by atomic mass is 16.5. The maximum atomic E-state index is 13.0. The van der Waals surface area contributed by atoms with Crippen LogP contribution in [0.3, 0.4) is 0 Å². The highest BCUT2D eigenvalue weighted by Gasteiger charge is 2.40. The zero-order chi connectivity index (χ0) is 18.9. The predicted molar refractivity (Wildman–Crippen MR) is 105 cm³/mol. The maximum absolute atomic E-state index is 13.0. The third kappa shape index (κ3) is 4.18. The number of nitrogens with zero attached hydrogens (tertiary/aromatic N) is 4. The summed E-state index contributed by atoms with van der Waals surface area (Å²) in [6.45, 7) is 12.3. The lowest BCUT2D eigenvalue weighted by molar-refractivity contribution is -0.0309. The van der Waals surface area contributed by atoms with Gasteiger partial charge in [0.05, 0.1) is 13.2 Å². The van der Waals surface area contributed by atoms with Crippen molar-refractivity contribution in [3.8, 4) is 0 Å². The Kier molecular flexibility index (Phi) is 5.48. The molecule has 0 N–H and O–H groups in total. The van der Waals surface area contributed by atoms with Crippen molar-refractivity contribution in [2.45, 2.75) is 38.3 Å². The van der Waals surface area contributed by atoms with Crippen molar-refractivity contribution in [3.63, 3.8) is 0 Å². The first kappa shape index (κ1) is 18.8. The molecule has 4 saturated heterocycles. The van der Waals surface area contributed by atoms with E-state index in [1.54, 1.807) is 12.4 Å². The molecule has 148 valence electrons. The second-order valence-corrected chi connectivity index (χ2v) is 8.88. The molecule has 0 aliphatic carbocycles. The summed E-state index contributed by atoms with van der Waals surface area (Å²) in [7, 11) is 0. The van der Waals surface area contributed by atoms with Crippen LogP contribution in [0.4, 0.5) is 0 Å². The average molecular weight is 373 g/mol. The van der Waals surface area contributed by atoms with E-state index < -0.39 is 0 Å². The topological polar surface area (TPSA) is 48.9 Å². The molecule has 0 saturated carbocycles. The minimum absolute atomic E-state index is 0.133. The van der Waals surface area contributed by atoms with Gasteiger partial charge in [-0.1, -0.05) is 0 Å². The molecule has 1 aromatic heterocycles. The summed E-state index contributed by atoms with van der Waals surface area (Å²) in [6.07, 6.45) is 5.84. The van der Waals surface area contributed by atoms with E-state index in [1.807, 2.05) is 12.1 Å². The van der Waals surface area contributed by atoms with Crippen LogP contribution >= 0.6 is 0 Å². The lowest BCUT2D eigenvalue weighted by atomic mass is 9.92. The van der Waals surface area contributed by atoms with Gasteiger partial charge in [0.2, 0.25) is 0 Å². The number of fused-ring (bicyclic) bond motifs is 4. The van der Waals surface area contributed by atoms with Gasteiger partial charge in [0.1, 0.15) is 0 Å². The second kappa shape index (κ2) is 7.86. The fourth-order valence-corrected chi connectivity index (χ4v) is 4.98. The van der Waals surface area contributed by atoms with Gasteiger partial charge in [0, 0.05) is 68.8 Å². The van der Waals surface area contributed by atoms with Crippen LogP contribution in [-0.4, -0.2) is 89.7 Å². The maximum Gasteiger partial charge on any atom is 0.254 e. The molecule has 0 radical (unpaired) electrons. The van der Waals surface area contributed by atoms with Gasteiger partial charge in [-0.3, -0.25) is 19.6 Å². The number of aromatic nitrogens is 1. The molecule has 2 bridgehead atoms. The predicted octanol–water partition coefficient (Wildman–Crippen LogP) is 1.73. The summed E-state index contributed by atoms with van der Waals surface area (Å²) < 4.78 is 5.53. The average Bonchev–Trinajstić information content (AvgIpc) is 3.00. The van der Waals surface area contributed by atoms with Crippen molar-refractivity contribution in [1.29, 1.82) is 0 Å². The number of carbonyl (C=O) groups is 1. The van der Waals surface area contributed by atoms with E-state index in [2.05, 4.69) is 33.5 Å². The Hall–Kier alpha value is -1.50. The van der Waals surface area contributed by atoms with E-state index >= 15 is 0 Å². The van der Waals surface area contributed by atoms with Crippen LogP contribution in [0.25, 0.3) is 0 Å². The van der Waals surface area contributed by atoms with Crippen molar-refractivity contribution in [2.24, 2.45) is 5.92 Å². The Morgan fingerprint density at radius 1 is 1.15 bits per heavy atom. The number of hydrogen-bond donors (Lipinski definition) is 0. The lowest BCUT2D eigenvalue weighted by Crippen LogP contribution is -2.58. The normalized spacial score (nSPS) is 27.6. The van der Waals surface area contributed by atoms with Gasteiger partial charge in [0.15, 0.2) is 0 Å². The molecule has 1 aromatic rings. The summed E-state index contributed by atoms with van der Waals surface area (Å²) in [5, 5.41) is 0. The van der Waals surface area contributed by atoms with Crippen molar-refractivity contribution >= 4 is 5.91 Å². The number of pyridine rings is 1. The zero-order valence-electron chi connectivity index (χ0n) is 16.6. The molecular weight excluding hydrogens is 340 g/mol. The van der Waals surface area contributed by atoms with Crippen LogP contribution in [0.1, 0.15) is 37.0 Å². The van der Waals surface area contributed by atoms with Crippen molar-refractivity contribution in [3.05, 3.63) is 30.1 Å². The van der Waals surface area contributed by atoms with Crippen molar-refractivity contribution in [2.75, 3.05) is 52.5 Å². The Morgan fingerprint density at radius 2 is 1.89 bits per heavy atom. The monoisotopic (exact) mass is 372 g/mol. The lowest BCUT2D eigenvalue weighted by Gasteiger charge is -2.46. The summed E-state index contributed by atoms with van der Waals surface area (Å²) in [5.41, 5.74) is 0.889. The van der Waals surface area contributed by atoms with Gasteiger partial charge in [-0.05, 0) is 44.7 Å². The van der Waals surface area contributed by atoms with Gasteiger partial charge in [0.25, 0.3) is 5.91 Å². The molecule has 0 unspecified atom stereocenters. The van der Waals surface area contributed by atoms with E-state index in [0.29, 0.717) is 12.0 Å². The minimum atomic E-state index is 0.133. The van der Waals surface area contributed by atoms with E-state index in [-0.39, 0.29) is 11.4 Å². The van der Waals surface area contributed by atoms with Crippen LogP contribution in [0.2, 0.25) is 0 Å². The molecule has 0 spiro atoms. The fraction of sp³-hybridized carbons (Fsp3) is 0.714. The van der Waals surface area contributed by atoms with Gasteiger partial charge >= 0.3 is 0 Å². The smallest absolute Gasteiger partial charge is 0.254 e. The van der Waals surface area contributed by atoms with Crippen LogP contribution in [0, 0.1) is 5.92 Å². The zero-order valence-corrected chi connectivity index (χ0v) is 16.6. The van der Waals surface area contributed by atoms with E-state index in [1.165, 1.54) is 12.8 Å². The third-order valence-electron chi connectivity index (χ3n) is 6.50. The molecule has 1 amide bonds. The van der Waals surface area contributed by atoms with Gasteiger partial charge in [-0.2, -0.15) is 0 Å². The van der Waals surface area contributed by atoms with Crippen molar-refractivity contribution < 1.29 is 9.53 Å². The molecule has 27 heavy (non-hydrogen) atoms. The highest BCUT2D eigenvalue weighted by Crippen LogP contribution is 2.31. The Balaban J connectivity index is 1.44. The summed E-state index contributed by atoms with van der Waals surface area (Å²) >= 11 is 0.